The van der Waals surface area contributed by atoms with Gasteiger partial charge >= 0.3 is 5.97 Å². The van der Waals surface area contributed by atoms with E-state index in [-0.39, 0.29) is 36.9 Å². The molecule has 0 fully saturated rings. The lowest BCUT2D eigenvalue weighted by molar-refractivity contribution is -0.138. The Labute approximate surface area is 111 Å². The van der Waals surface area contributed by atoms with Gasteiger partial charge in [0, 0.05) is 13.0 Å². The Balaban J connectivity index is 2.44. The quantitative estimate of drug-likeness (QED) is 0.609. The van der Waals surface area contributed by atoms with Crippen molar-refractivity contribution in [1.82, 2.24) is 10.7 Å². The van der Waals surface area contributed by atoms with E-state index in [1.807, 2.05) is 13.8 Å². The lowest BCUT2D eigenvalue weighted by atomic mass is 9.94. The summed E-state index contributed by atoms with van der Waals surface area (Å²) in [4.78, 5) is 33.3. The third-order valence-corrected chi connectivity index (χ3v) is 2.72. The molecule has 19 heavy (non-hydrogen) atoms. The molecule has 7 heteroatoms. The van der Waals surface area contributed by atoms with Gasteiger partial charge < -0.3 is 10.4 Å². The molecule has 0 aliphatic carbocycles. The number of hydrogen-bond donors (Lipinski definition) is 3. The molecule has 1 rings (SSSR count). The van der Waals surface area contributed by atoms with E-state index in [2.05, 4.69) is 15.8 Å². The second-order valence-electron chi connectivity index (χ2n) is 5.07. The Morgan fingerprint density at radius 3 is 2.63 bits per heavy atom. The Morgan fingerprint density at radius 2 is 2.16 bits per heavy atom. The van der Waals surface area contributed by atoms with E-state index in [0.29, 0.717) is 5.92 Å². The van der Waals surface area contributed by atoms with Gasteiger partial charge in [0.2, 0.25) is 5.91 Å². The predicted octanol–water partition coefficient (Wildman–Crippen LogP) is 0.115. The van der Waals surface area contributed by atoms with Crippen LogP contribution in [0.25, 0.3) is 0 Å². The summed E-state index contributed by atoms with van der Waals surface area (Å²) in [5.74, 6) is -1.37. The van der Waals surface area contributed by atoms with Crippen molar-refractivity contribution in [3.63, 3.8) is 0 Å². The van der Waals surface area contributed by atoms with Gasteiger partial charge in [-0.25, -0.2) is 5.43 Å². The Kier molecular flexibility index (Phi) is 5.47. The highest BCUT2D eigenvalue weighted by Crippen LogP contribution is 2.14. The molecule has 2 amide bonds. The number of nitrogens with zero attached hydrogens (tertiary/aromatic N) is 1. The van der Waals surface area contributed by atoms with E-state index < -0.39 is 11.9 Å². The number of hydrogen-bond acceptors (Lipinski definition) is 4. The largest absolute Gasteiger partial charge is 0.481 e. The summed E-state index contributed by atoms with van der Waals surface area (Å²) in [7, 11) is 0. The average Bonchev–Trinajstić information content (AvgIpc) is 2.71. The minimum atomic E-state index is -0.880. The summed E-state index contributed by atoms with van der Waals surface area (Å²) in [6.45, 7) is 4.27. The van der Waals surface area contributed by atoms with E-state index in [1.54, 1.807) is 0 Å². The molecule has 0 bridgehead atoms. The van der Waals surface area contributed by atoms with Crippen molar-refractivity contribution in [1.29, 1.82) is 0 Å². The number of carboxylic acid groups (broad SMARTS) is 1. The van der Waals surface area contributed by atoms with Crippen LogP contribution in [0.4, 0.5) is 0 Å². The molecule has 106 valence electrons. The van der Waals surface area contributed by atoms with Gasteiger partial charge in [0.05, 0.1) is 6.42 Å². The number of rotatable bonds is 7. The number of hydrazone groups is 1. The summed E-state index contributed by atoms with van der Waals surface area (Å²) in [5, 5.41) is 15.1. The fraction of sp³-hybridized carbons (Fsp3) is 0.667. The molecule has 1 aliphatic rings. The van der Waals surface area contributed by atoms with Gasteiger partial charge in [0.25, 0.3) is 5.91 Å². The summed E-state index contributed by atoms with van der Waals surface area (Å²) >= 11 is 0. The van der Waals surface area contributed by atoms with Gasteiger partial charge in [-0.2, -0.15) is 5.10 Å². The van der Waals surface area contributed by atoms with Crippen LogP contribution in [-0.4, -0.2) is 35.1 Å². The molecule has 1 heterocycles. The van der Waals surface area contributed by atoms with Crippen LogP contribution >= 0.6 is 0 Å². The average molecular weight is 269 g/mol. The fourth-order valence-electron chi connectivity index (χ4n) is 1.98. The lowest BCUT2D eigenvalue weighted by Gasteiger charge is -2.17. The van der Waals surface area contributed by atoms with Gasteiger partial charge in [-0.15, -0.1) is 0 Å². The van der Waals surface area contributed by atoms with E-state index >= 15 is 0 Å². The molecule has 0 saturated heterocycles. The van der Waals surface area contributed by atoms with Crippen LogP contribution < -0.4 is 10.7 Å². The van der Waals surface area contributed by atoms with E-state index in [4.69, 9.17) is 5.11 Å². The van der Waals surface area contributed by atoms with E-state index in [1.165, 1.54) is 0 Å². The lowest BCUT2D eigenvalue weighted by Crippen LogP contribution is -2.35. The van der Waals surface area contributed by atoms with Crippen LogP contribution in [0, 0.1) is 11.8 Å². The van der Waals surface area contributed by atoms with Crippen LogP contribution in [0.1, 0.15) is 33.1 Å². The molecule has 0 spiro atoms. The molecular formula is C12H19N3O4. The molecule has 0 saturated carbocycles. The van der Waals surface area contributed by atoms with Crippen molar-refractivity contribution in [2.75, 3.05) is 6.54 Å². The molecule has 3 N–H and O–H groups in total. The number of nitrogens with one attached hydrogen (secondary N) is 2. The zero-order chi connectivity index (χ0) is 14.4. The molecular weight excluding hydrogens is 250 g/mol. The Bertz CT molecular complexity index is 404. The van der Waals surface area contributed by atoms with Crippen molar-refractivity contribution < 1.29 is 19.5 Å². The van der Waals surface area contributed by atoms with E-state index in [0.717, 1.165) is 6.42 Å². The molecule has 7 nitrogen and oxygen atoms in total. The minimum Gasteiger partial charge on any atom is -0.481 e. The third-order valence-electron chi connectivity index (χ3n) is 2.72. The van der Waals surface area contributed by atoms with Gasteiger partial charge in [0.15, 0.2) is 0 Å². The number of carbonyl (C=O) groups is 3. The SMILES string of the molecule is CC(C)C[C@H](CNC(=O)C1=NNC(=O)C1)CC(=O)O. The second kappa shape index (κ2) is 6.86. The first-order valence-electron chi connectivity index (χ1n) is 6.24. The Hall–Kier alpha value is -1.92. The third kappa shape index (κ3) is 5.50. The monoisotopic (exact) mass is 269 g/mol. The fourth-order valence-corrected chi connectivity index (χ4v) is 1.98. The first-order chi connectivity index (χ1) is 8.88. The van der Waals surface area contributed by atoms with Crippen molar-refractivity contribution in [3.05, 3.63) is 0 Å². The maximum atomic E-state index is 11.7. The second-order valence-corrected chi connectivity index (χ2v) is 5.07. The van der Waals surface area contributed by atoms with Crippen LogP contribution in [-0.2, 0) is 14.4 Å². The smallest absolute Gasteiger partial charge is 0.303 e. The molecule has 0 unspecified atom stereocenters. The number of aliphatic carboxylic acids is 1. The maximum absolute atomic E-state index is 11.7. The summed E-state index contributed by atoms with van der Waals surface area (Å²) < 4.78 is 0. The topological polar surface area (TPSA) is 108 Å². The van der Waals surface area contributed by atoms with E-state index in [9.17, 15) is 14.4 Å². The first-order valence-corrected chi connectivity index (χ1v) is 6.24. The standard InChI is InChI=1S/C12H19N3O4/c1-7(2)3-8(4-11(17)18)6-13-12(19)9-5-10(16)15-14-9/h7-8H,3-6H2,1-2H3,(H,13,19)(H,15,16)(H,17,18)/t8-/m0/s1. The highest BCUT2D eigenvalue weighted by atomic mass is 16.4. The number of carboxylic acids is 1. The summed E-state index contributed by atoms with van der Waals surface area (Å²) in [6, 6.07) is 0. The molecule has 0 aromatic heterocycles. The normalized spacial score (nSPS) is 15.9. The van der Waals surface area contributed by atoms with Crippen molar-refractivity contribution in [2.24, 2.45) is 16.9 Å². The molecule has 0 aromatic rings. The molecule has 0 aromatic carbocycles. The zero-order valence-electron chi connectivity index (χ0n) is 11.1. The van der Waals surface area contributed by atoms with Gasteiger partial charge in [-0.3, -0.25) is 14.4 Å². The van der Waals surface area contributed by atoms with Crippen LogP contribution in [0.3, 0.4) is 0 Å². The van der Waals surface area contributed by atoms with Crippen LogP contribution in [0.15, 0.2) is 5.10 Å². The molecule has 0 radical (unpaired) electrons. The molecule has 1 aliphatic heterocycles. The van der Waals surface area contributed by atoms with Crippen molar-refractivity contribution in [3.8, 4) is 0 Å². The summed E-state index contributed by atoms with van der Waals surface area (Å²) in [6.07, 6.45) is 0.706. The number of amides is 2. The zero-order valence-corrected chi connectivity index (χ0v) is 11.1. The Morgan fingerprint density at radius 1 is 1.47 bits per heavy atom. The maximum Gasteiger partial charge on any atom is 0.303 e. The highest BCUT2D eigenvalue weighted by molar-refractivity contribution is 6.43. The predicted molar refractivity (Wildman–Crippen MR) is 68.4 cm³/mol. The van der Waals surface area contributed by atoms with Gasteiger partial charge in [0.1, 0.15) is 5.71 Å². The van der Waals surface area contributed by atoms with Crippen LogP contribution in [0.2, 0.25) is 0 Å². The number of carbonyl (C=O) groups excluding carboxylic acids is 2. The molecule has 1 atom stereocenters. The van der Waals surface area contributed by atoms with Crippen LogP contribution in [0.5, 0.6) is 0 Å². The highest BCUT2D eigenvalue weighted by Gasteiger charge is 2.22. The van der Waals surface area contributed by atoms with Gasteiger partial charge in [-0.05, 0) is 18.3 Å². The summed E-state index contributed by atoms with van der Waals surface area (Å²) in [5.41, 5.74) is 2.34. The van der Waals surface area contributed by atoms with Crippen molar-refractivity contribution in [2.45, 2.75) is 33.1 Å². The first kappa shape index (κ1) is 15.1. The van der Waals surface area contributed by atoms with Gasteiger partial charge in [-0.1, -0.05) is 13.8 Å². The minimum absolute atomic E-state index is 0.0160. The van der Waals surface area contributed by atoms with Crippen molar-refractivity contribution >= 4 is 23.5 Å².